The minimum absolute atomic E-state index is 0.340. The van der Waals surface area contributed by atoms with Gasteiger partial charge < -0.3 is 5.32 Å². The first kappa shape index (κ1) is 15.2. The zero-order chi connectivity index (χ0) is 12.8. The summed E-state index contributed by atoms with van der Waals surface area (Å²) in [5.74, 6) is 1.11. The minimum atomic E-state index is 0.340. The van der Waals surface area contributed by atoms with E-state index >= 15 is 0 Å². The van der Waals surface area contributed by atoms with E-state index < -0.39 is 0 Å². The van der Waals surface area contributed by atoms with Crippen molar-refractivity contribution in [2.24, 2.45) is 0 Å². The molecule has 4 heteroatoms. The largest absolute Gasteiger partial charge is 0.307 e. The van der Waals surface area contributed by atoms with E-state index in [0.717, 1.165) is 12.2 Å². The van der Waals surface area contributed by atoms with Gasteiger partial charge in [0.1, 0.15) is 0 Å². The van der Waals surface area contributed by atoms with Crippen LogP contribution in [0.25, 0.3) is 0 Å². The highest BCUT2D eigenvalue weighted by atomic mass is 35.5. The molecular formula is C13H19Cl2NS. The van der Waals surface area contributed by atoms with Crippen molar-refractivity contribution < 1.29 is 0 Å². The molecule has 0 aliphatic heterocycles. The van der Waals surface area contributed by atoms with Gasteiger partial charge in [-0.2, -0.15) is 11.8 Å². The van der Waals surface area contributed by atoms with Crippen LogP contribution >= 0.6 is 35.0 Å². The van der Waals surface area contributed by atoms with E-state index in [1.54, 1.807) is 0 Å². The van der Waals surface area contributed by atoms with Gasteiger partial charge in [0.05, 0.1) is 10.0 Å². The summed E-state index contributed by atoms with van der Waals surface area (Å²) in [7, 11) is 0. The third-order valence-corrected chi connectivity index (χ3v) is 4.23. The van der Waals surface area contributed by atoms with Crippen molar-refractivity contribution in [3.8, 4) is 0 Å². The second kappa shape index (κ2) is 7.52. The van der Waals surface area contributed by atoms with Gasteiger partial charge in [-0.05, 0) is 37.3 Å². The average Bonchev–Trinajstić information content (AvgIpc) is 2.30. The van der Waals surface area contributed by atoms with E-state index in [-0.39, 0.29) is 0 Å². The topological polar surface area (TPSA) is 12.0 Å². The van der Waals surface area contributed by atoms with Crippen LogP contribution in [0.3, 0.4) is 0 Å². The van der Waals surface area contributed by atoms with Gasteiger partial charge in [-0.3, -0.25) is 0 Å². The number of halogens is 2. The molecule has 0 aromatic heterocycles. The normalized spacial score (nSPS) is 14.6. The molecule has 0 radical (unpaired) electrons. The molecule has 96 valence electrons. The van der Waals surface area contributed by atoms with E-state index in [2.05, 4.69) is 25.4 Å². The third kappa shape index (κ3) is 4.70. The maximum Gasteiger partial charge on any atom is 0.0595 e. The summed E-state index contributed by atoms with van der Waals surface area (Å²) < 4.78 is 0. The van der Waals surface area contributed by atoms with Gasteiger partial charge in [-0.25, -0.2) is 0 Å². The Bertz CT molecular complexity index is 357. The van der Waals surface area contributed by atoms with Gasteiger partial charge in [0, 0.05) is 17.8 Å². The summed E-state index contributed by atoms with van der Waals surface area (Å²) in [4.78, 5) is 0. The van der Waals surface area contributed by atoms with Crippen molar-refractivity contribution in [2.45, 2.75) is 32.4 Å². The average molecular weight is 292 g/mol. The lowest BCUT2D eigenvalue weighted by atomic mass is 10.0. The fraction of sp³-hybridized carbons (Fsp3) is 0.538. The predicted octanol–water partition coefficient (Wildman–Crippen LogP) is 4.79. The van der Waals surface area contributed by atoms with Crippen molar-refractivity contribution in [3.63, 3.8) is 0 Å². The molecule has 0 heterocycles. The van der Waals surface area contributed by atoms with Gasteiger partial charge in [-0.15, -0.1) is 0 Å². The summed E-state index contributed by atoms with van der Waals surface area (Å²) in [5.41, 5.74) is 1.20. The first-order chi connectivity index (χ1) is 8.08. The van der Waals surface area contributed by atoms with Crippen LogP contribution in [-0.2, 0) is 0 Å². The number of nitrogens with one attached hydrogen (secondary N) is 1. The molecule has 2 unspecified atom stereocenters. The lowest BCUT2D eigenvalue weighted by molar-refractivity contribution is 0.470. The standard InChI is InChI=1S/C13H19Cl2NS/c1-4-13(16-9(2)8-17-3)10-5-6-11(14)12(15)7-10/h5-7,9,13,16H,4,8H2,1-3H3. The molecule has 2 atom stereocenters. The predicted molar refractivity (Wildman–Crippen MR) is 80.5 cm³/mol. The van der Waals surface area contributed by atoms with E-state index in [9.17, 15) is 0 Å². The summed E-state index contributed by atoms with van der Waals surface area (Å²) in [6, 6.07) is 6.69. The second-order valence-corrected chi connectivity index (χ2v) is 5.88. The molecule has 0 spiro atoms. The quantitative estimate of drug-likeness (QED) is 0.809. The summed E-state index contributed by atoms with van der Waals surface area (Å²) in [5, 5.41) is 4.85. The van der Waals surface area contributed by atoms with Crippen molar-refractivity contribution in [3.05, 3.63) is 33.8 Å². The number of benzene rings is 1. The number of rotatable bonds is 6. The Morgan fingerprint density at radius 2 is 2.00 bits per heavy atom. The highest BCUT2D eigenvalue weighted by Crippen LogP contribution is 2.27. The van der Waals surface area contributed by atoms with Crippen LogP contribution in [0, 0.1) is 0 Å². The van der Waals surface area contributed by atoms with Crippen LogP contribution in [0.4, 0.5) is 0 Å². The van der Waals surface area contributed by atoms with Gasteiger partial charge in [0.25, 0.3) is 0 Å². The molecular weight excluding hydrogens is 273 g/mol. The SMILES string of the molecule is CCC(NC(C)CSC)c1ccc(Cl)c(Cl)c1. The van der Waals surface area contributed by atoms with Crippen molar-refractivity contribution >= 4 is 35.0 Å². The van der Waals surface area contributed by atoms with Crippen LogP contribution in [0.1, 0.15) is 31.9 Å². The molecule has 0 amide bonds. The molecule has 0 aliphatic carbocycles. The van der Waals surface area contributed by atoms with E-state index in [1.807, 2.05) is 30.0 Å². The third-order valence-electron chi connectivity index (χ3n) is 2.66. The Morgan fingerprint density at radius 3 is 2.53 bits per heavy atom. The van der Waals surface area contributed by atoms with Crippen molar-refractivity contribution in [1.82, 2.24) is 5.32 Å². The molecule has 0 saturated heterocycles. The van der Waals surface area contributed by atoms with Crippen LogP contribution < -0.4 is 5.32 Å². The first-order valence-corrected chi connectivity index (χ1v) is 7.93. The Morgan fingerprint density at radius 1 is 1.29 bits per heavy atom. The lowest BCUT2D eigenvalue weighted by Gasteiger charge is -2.22. The van der Waals surface area contributed by atoms with Crippen molar-refractivity contribution in [2.75, 3.05) is 12.0 Å². The molecule has 0 saturated carbocycles. The number of thioether (sulfide) groups is 1. The zero-order valence-electron chi connectivity index (χ0n) is 10.5. The Labute approximate surface area is 118 Å². The van der Waals surface area contributed by atoms with Gasteiger partial charge in [-0.1, -0.05) is 36.2 Å². The number of hydrogen-bond acceptors (Lipinski definition) is 2. The smallest absolute Gasteiger partial charge is 0.0595 e. The molecule has 0 aliphatic rings. The van der Waals surface area contributed by atoms with E-state index in [4.69, 9.17) is 23.2 Å². The lowest BCUT2D eigenvalue weighted by Crippen LogP contribution is -2.32. The van der Waals surface area contributed by atoms with E-state index in [1.165, 1.54) is 5.56 Å². The monoisotopic (exact) mass is 291 g/mol. The fourth-order valence-electron chi connectivity index (χ4n) is 1.82. The molecule has 1 aromatic carbocycles. The second-order valence-electron chi connectivity index (χ2n) is 4.16. The molecule has 1 aromatic rings. The maximum atomic E-state index is 6.05. The van der Waals surface area contributed by atoms with Crippen LogP contribution in [0.15, 0.2) is 18.2 Å². The minimum Gasteiger partial charge on any atom is -0.307 e. The molecule has 1 nitrogen and oxygen atoms in total. The Hall–Kier alpha value is 0.110. The van der Waals surface area contributed by atoms with Crippen LogP contribution in [-0.4, -0.2) is 18.1 Å². The summed E-state index contributed by atoms with van der Waals surface area (Å²) in [6.07, 6.45) is 3.16. The van der Waals surface area contributed by atoms with Gasteiger partial charge in [0.2, 0.25) is 0 Å². The number of hydrogen-bond donors (Lipinski definition) is 1. The fourth-order valence-corrected chi connectivity index (χ4v) is 2.72. The van der Waals surface area contributed by atoms with E-state index in [0.29, 0.717) is 22.1 Å². The summed E-state index contributed by atoms with van der Waals surface area (Å²) >= 11 is 13.8. The molecule has 0 fully saturated rings. The highest BCUT2D eigenvalue weighted by Gasteiger charge is 2.13. The molecule has 0 bridgehead atoms. The first-order valence-electron chi connectivity index (χ1n) is 5.78. The molecule has 17 heavy (non-hydrogen) atoms. The van der Waals surface area contributed by atoms with Crippen LogP contribution in [0.5, 0.6) is 0 Å². The highest BCUT2D eigenvalue weighted by molar-refractivity contribution is 7.98. The van der Waals surface area contributed by atoms with Crippen molar-refractivity contribution in [1.29, 1.82) is 0 Å². The zero-order valence-corrected chi connectivity index (χ0v) is 12.8. The molecule has 1 N–H and O–H groups in total. The van der Waals surface area contributed by atoms with Crippen LogP contribution in [0.2, 0.25) is 10.0 Å². The Kier molecular flexibility index (Phi) is 6.71. The maximum absolute atomic E-state index is 6.05. The summed E-state index contributed by atoms with van der Waals surface area (Å²) in [6.45, 7) is 4.38. The van der Waals surface area contributed by atoms with Gasteiger partial charge in [0.15, 0.2) is 0 Å². The molecule has 1 rings (SSSR count). The Balaban J connectivity index is 2.75. The van der Waals surface area contributed by atoms with Gasteiger partial charge >= 0.3 is 0 Å².